The Morgan fingerprint density at radius 3 is 3.00 bits per heavy atom. The molecule has 0 aliphatic carbocycles. The van der Waals surface area contributed by atoms with E-state index < -0.39 is 0 Å². The summed E-state index contributed by atoms with van der Waals surface area (Å²) < 4.78 is 16.1. The van der Waals surface area contributed by atoms with E-state index in [-0.39, 0.29) is 11.9 Å². The van der Waals surface area contributed by atoms with Crippen LogP contribution in [0.2, 0.25) is 5.02 Å². The summed E-state index contributed by atoms with van der Waals surface area (Å²) in [4.78, 5) is 10.4. The van der Waals surface area contributed by atoms with E-state index in [2.05, 4.69) is 14.5 Å². The van der Waals surface area contributed by atoms with Gasteiger partial charge in [0, 0.05) is 37.7 Å². The first kappa shape index (κ1) is 13.4. The summed E-state index contributed by atoms with van der Waals surface area (Å²) in [5.41, 5.74) is 0. The first-order valence-corrected chi connectivity index (χ1v) is 7.08. The first-order chi connectivity index (χ1) is 9.65. The Morgan fingerprint density at radius 1 is 1.45 bits per heavy atom. The molecule has 106 valence electrons. The van der Waals surface area contributed by atoms with Crippen LogP contribution in [0, 0.1) is 12.7 Å². The van der Waals surface area contributed by atoms with Crippen molar-refractivity contribution in [2.75, 3.05) is 11.4 Å². The van der Waals surface area contributed by atoms with Crippen molar-refractivity contribution < 1.29 is 4.39 Å². The number of imidazole rings is 1. The van der Waals surface area contributed by atoms with E-state index in [1.807, 2.05) is 18.0 Å². The predicted molar refractivity (Wildman–Crippen MR) is 76.5 cm³/mol. The second-order valence-corrected chi connectivity index (χ2v) is 5.51. The van der Waals surface area contributed by atoms with Gasteiger partial charge in [0.15, 0.2) is 11.6 Å². The highest BCUT2D eigenvalue weighted by atomic mass is 35.5. The highest BCUT2D eigenvalue weighted by molar-refractivity contribution is 6.30. The maximum absolute atomic E-state index is 14.0. The minimum absolute atomic E-state index is 0.242. The molecule has 1 saturated heterocycles. The molecule has 20 heavy (non-hydrogen) atoms. The Kier molecular flexibility index (Phi) is 3.61. The molecule has 2 aromatic heterocycles. The summed E-state index contributed by atoms with van der Waals surface area (Å²) >= 11 is 5.76. The van der Waals surface area contributed by atoms with Gasteiger partial charge in [0.2, 0.25) is 0 Å². The van der Waals surface area contributed by atoms with Gasteiger partial charge in [0.1, 0.15) is 5.82 Å². The van der Waals surface area contributed by atoms with Gasteiger partial charge < -0.3 is 9.47 Å². The molecule has 0 aromatic carbocycles. The zero-order chi connectivity index (χ0) is 14.1. The molecule has 1 aliphatic heterocycles. The summed E-state index contributed by atoms with van der Waals surface area (Å²) in [6, 6.07) is 1.56. The number of pyridine rings is 1. The molecule has 6 heteroatoms. The van der Waals surface area contributed by atoms with Gasteiger partial charge in [-0.3, -0.25) is 0 Å². The Balaban J connectivity index is 1.83. The van der Waals surface area contributed by atoms with Crippen molar-refractivity contribution in [3.05, 3.63) is 41.3 Å². The minimum atomic E-state index is -0.355. The third-order valence-electron chi connectivity index (χ3n) is 3.77. The van der Waals surface area contributed by atoms with Crippen molar-refractivity contribution in [1.29, 1.82) is 0 Å². The van der Waals surface area contributed by atoms with Gasteiger partial charge in [-0.2, -0.15) is 0 Å². The number of rotatable bonds is 3. The average Bonchev–Trinajstić information content (AvgIpc) is 3.01. The molecule has 3 rings (SSSR count). The van der Waals surface area contributed by atoms with Crippen molar-refractivity contribution >= 4 is 17.4 Å². The molecule has 3 heterocycles. The summed E-state index contributed by atoms with van der Waals surface area (Å²) in [7, 11) is 0. The van der Waals surface area contributed by atoms with Gasteiger partial charge >= 0.3 is 0 Å². The summed E-state index contributed by atoms with van der Waals surface area (Å²) in [6.45, 7) is 3.60. The third-order valence-corrected chi connectivity index (χ3v) is 3.98. The van der Waals surface area contributed by atoms with E-state index in [9.17, 15) is 4.39 Å². The molecule has 1 fully saturated rings. The van der Waals surface area contributed by atoms with Crippen LogP contribution in [0.25, 0.3) is 0 Å². The molecule has 0 spiro atoms. The Hall–Kier alpha value is -1.62. The SMILES string of the molecule is Cc1nccn1C[C@H]1CCCN1c1ncc(Cl)cc1F. The molecule has 0 unspecified atom stereocenters. The summed E-state index contributed by atoms with van der Waals surface area (Å²) in [5.74, 6) is 1.02. The maximum atomic E-state index is 14.0. The smallest absolute Gasteiger partial charge is 0.167 e. The number of aryl methyl sites for hydroxylation is 1. The van der Waals surface area contributed by atoms with E-state index in [1.165, 1.54) is 12.3 Å². The van der Waals surface area contributed by atoms with Gasteiger partial charge in [-0.25, -0.2) is 14.4 Å². The highest BCUT2D eigenvalue weighted by Crippen LogP contribution is 2.28. The van der Waals surface area contributed by atoms with E-state index in [0.29, 0.717) is 10.8 Å². The second-order valence-electron chi connectivity index (χ2n) is 5.08. The van der Waals surface area contributed by atoms with Gasteiger partial charge in [-0.05, 0) is 25.8 Å². The van der Waals surface area contributed by atoms with Crippen LogP contribution in [0.5, 0.6) is 0 Å². The highest BCUT2D eigenvalue weighted by Gasteiger charge is 2.28. The van der Waals surface area contributed by atoms with Crippen molar-refractivity contribution in [3.63, 3.8) is 0 Å². The number of nitrogens with zero attached hydrogens (tertiary/aromatic N) is 4. The molecule has 0 saturated carbocycles. The van der Waals surface area contributed by atoms with E-state index in [0.717, 1.165) is 31.8 Å². The topological polar surface area (TPSA) is 34.0 Å². The molecule has 4 nitrogen and oxygen atoms in total. The van der Waals surface area contributed by atoms with E-state index in [4.69, 9.17) is 11.6 Å². The molecular weight excluding hydrogens is 279 g/mol. The normalized spacial score (nSPS) is 18.8. The Morgan fingerprint density at radius 2 is 2.30 bits per heavy atom. The molecule has 0 bridgehead atoms. The number of aromatic nitrogens is 3. The Bertz CT molecular complexity index is 613. The molecule has 0 amide bonds. The lowest BCUT2D eigenvalue weighted by Gasteiger charge is -2.26. The first-order valence-electron chi connectivity index (χ1n) is 6.70. The maximum Gasteiger partial charge on any atom is 0.167 e. The van der Waals surface area contributed by atoms with Crippen LogP contribution in [-0.2, 0) is 6.54 Å². The van der Waals surface area contributed by atoms with Crippen LogP contribution in [0.15, 0.2) is 24.7 Å². The van der Waals surface area contributed by atoms with Gasteiger partial charge in [0.05, 0.1) is 5.02 Å². The fraction of sp³-hybridized carbons (Fsp3) is 0.429. The lowest BCUT2D eigenvalue weighted by molar-refractivity contribution is 0.527. The number of halogens is 2. The second kappa shape index (κ2) is 5.40. The molecule has 0 radical (unpaired) electrons. The predicted octanol–water partition coefficient (Wildman–Crippen LogP) is 3.05. The quantitative estimate of drug-likeness (QED) is 0.872. The lowest BCUT2D eigenvalue weighted by Crippen LogP contribution is -2.34. The zero-order valence-electron chi connectivity index (χ0n) is 11.3. The van der Waals surface area contributed by atoms with Gasteiger partial charge in [-0.15, -0.1) is 0 Å². The fourth-order valence-electron chi connectivity index (χ4n) is 2.75. The van der Waals surface area contributed by atoms with E-state index in [1.54, 1.807) is 6.20 Å². The summed E-state index contributed by atoms with van der Waals surface area (Å²) in [6.07, 6.45) is 7.31. The van der Waals surface area contributed by atoms with E-state index >= 15 is 0 Å². The minimum Gasteiger partial charge on any atom is -0.349 e. The largest absolute Gasteiger partial charge is 0.349 e. The summed E-state index contributed by atoms with van der Waals surface area (Å²) in [5, 5.41) is 0.326. The number of hydrogen-bond donors (Lipinski definition) is 0. The standard InChI is InChI=1S/C14H16ClFN4/c1-10-17-4-6-19(10)9-12-3-2-5-20(12)14-13(16)7-11(15)8-18-14/h4,6-8,12H,2-3,5,9H2,1H3/t12-/m1/s1. The monoisotopic (exact) mass is 294 g/mol. The van der Waals surface area contributed by atoms with Gasteiger partial charge in [0.25, 0.3) is 0 Å². The third kappa shape index (κ3) is 2.50. The average molecular weight is 295 g/mol. The molecule has 1 aliphatic rings. The fourth-order valence-corrected chi connectivity index (χ4v) is 2.89. The number of hydrogen-bond acceptors (Lipinski definition) is 3. The van der Waals surface area contributed by atoms with Crippen LogP contribution in [-0.4, -0.2) is 27.1 Å². The van der Waals surface area contributed by atoms with Crippen LogP contribution in [0.1, 0.15) is 18.7 Å². The van der Waals surface area contributed by atoms with Gasteiger partial charge in [-0.1, -0.05) is 11.6 Å². The lowest BCUT2D eigenvalue weighted by atomic mass is 10.2. The zero-order valence-corrected chi connectivity index (χ0v) is 12.0. The molecule has 2 aromatic rings. The van der Waals surface area contributed by atoms with Crippen LogP contribution in [0.3, 0.4) is 0 Å². The van der Waals surface area contributed by atoms with Crippen LogP contribution < -0.4 is 4.90 Å². The van der Waals surface area contributed by atoms with Crippen molar-refractivity contribution in [2.24, 2.45) is 0 Å². The van der Waals surface area contributed by atoms with Crippen LogP contribution >= 0.6 is 11.6 Å². The number of anilines is 1. The molecule has 1 atom stereocenters. The van der Waals surface area contributed by atoms with Crippen molar-refractivity contribution in [3.8, 4) is 0 Å². The van der Waals surface area contributed by atoms with Crippen LogP contribution in [0.4, 0.5) is 10.2 Å². The molecule has 0 N–H and O–H groups in total. The molecular formula is C14H16ClFN4. The van der Waals surface area contributed by atoms with Crippen molar-refractivity contribution in [2.45, 2.75) is 32.4 Å². The Labute approximate surface area is 122 Å². The van der Waals surface area contributed by atoms with Crippen molar-refractivity contribution in [1.82, 2.24) is 14.5 Å².